The van der Waals surface area contributed by atoms with E-state index in [1.54, 1.807) is 0 Å². The molecule has 0 aromatic rings. The van der Waals surface area contributed by atoms with Gasteiger partial charge in [-0.1, -0.05) is 253 Å². The van der Waals surface area contributed by atoms with Crippen molar-refractivity contribution in [1.82, 2.24) is 0 Å². The average Bonchev–Trinajstić information content (AvgIpc) is 3.22. The Morgan fingerprint density at radius 2 is 0.644 bits per heavy atom. The summed E-state index contributed by atoms with van der Waals surface area (Å²) < 4.78 is 16.8. The van der Waals surface area contributed by atoms with Gasteiger partial charge in [0.1, 0.15) is 13.2 Å². The van der Waals surface area contributed by atoms with Crippen molar-refractivity contribution in [2.75, 3.05) is 13.2 Å². The van der Waals surface area contributed by atoms with Gasteiger partial charge in [-0.25, -0.2) is 0 Å². The monoisotopic (exact) mass is 835 g/mol. The zero-order valence-electron chi connectivity index (χ0n) is 40.4. The van der Waals surface area contributed by atoms with Gasteiger partial charge in [0, 0.05) is 19.3 Å². The summed E-state index contributed by atoms with van der Waals surface area (Å²) in [6, 6.07) is 0. The molecule has 0 aliphatic heterocycles. The van der Waals surface area contributed by atoms with Crippen LogP contribution in [0.4, 0.5) is 0 Å². The Kier molecular flexibility index (Phi) is 44.7. The molecule has 0 aromatic carbocycles. The molecule has 0 fully saturated rings. The number of hydrogen-bond acceptors (Lipinski definition) is 6. The minimum absolute atomic E-state index is 0.0647. The summed E-state index contributed by atoms with van der Waals surface area (Å²) in [7, 11) is 0. The second-order valence-electron chi connectivity index (χ2n) is 18.9. The number of carbonyl (C=O) groups excluding carboxylic acids is 3. The molecule has 0 spiro atoms. The van der Waals surface area contributed by atoms with E-state index in [2.05, 4.69) is 34.6 Å². The Morgan fingerprint density at radius 3 is 0.966 bits per heavy atom. The molecule has 350 valence electrons. The molecule has 0 saturated heterocycles. The third kappa shape index (κ3) is 45.8. The van der Waals surface area contributed by atoms with Crippen molar-refractivity contribution < 1.29 is 28.6 Å². The largest absolute Gasteiger partial charge is 0.462 e. The molecule has 0 aliphatic rings. The molecular weight excluding hydrogens is 733 g/mol. The molecule has 6 nitrogen and oxygen atoms in total. The normalized spacial score (nSPS) is 12.5. The maximum atomic E-state index is 12.7. The van der Waals surface area contributed by atoms with Crippen molar-refractivity contribution in [2.24, 2.45) is 11.8 Å². The predicted octanol–water partition coefficient (Wildman–Crippen LogP) is 16.9. The molecular formula is C53H102O6. The molecule has 0 rings (SSSR count). The van der Waals surface area contributed by atoms with Crippen molar-refractivity contribution in [3.63, 3.8) is 0 Å². The molecule has 0 bridgehead atoms. The van der Waals surface area contributed by atoms with Gasteiger partial charge in [0.15, 0.2) is 6.10 Å². The summed E-state index contributed by atoms with van der Waals surface area (Å²) in [5.74, 6) is 0.802. The summed E-state index contributed by atoms with van der Waals surface area (Å²) in [5.41, 5.74) is 0. The molecule has 6 heteroatoms. The van der Waals surface area contributed by atoms with Gasteiger partial charge in [0.2, 0.25) is 0 Å². The zero-order valence-corrected chi connectivity index (χ0v) is 40.4. The van der Waals surface area contributed by atoms with Crippen LogP contribution in [0, 0.1) is 11.8 Å². The van der Waals surface area contributed by atoms with Crippen LogP contribution in [0.5, 0.6) is 0 Å². The first kappa shape index (κ1) is 57.4. The minimum atomic E-state index is -0.762. The molecule has 2 atom stereocenters. The molecule has 59 heavy (non-hydrogen) atoms. The molecule has 0 aromatic heterocycles. The first-order valence-electron chi connectivity index (χ1n) is 26.3. The highest BCUT2D eigenvalue weighted by Gasteiger charge is 2.19. The average molecular weight is 835 g/mol. The Balaban J connectivity index is 4.23. The fourth-order valence-electron chi connectivity index (χ4n) is 7.96. The Bertz CT molecular complexity index is 902. The van der Waals surface area contributed by atoms with Crippen LogP contribution in [0.3, 0.4) is 0 Å². The summed E-state index contributed by atoms with van der Waals surface area (Å²) in [5, 5.41) is 0. The maximum Gasteiger partial charge on any atom is 0.306 e. The van der Waals surface area contributed by atoms with Crippen LogP contribution in [0.25, 0.3) is 0 Å². The van der Waals surface area contributed by atoms with Gasteiger partial charge in [-0.15, -0.1) is 0 Å². The summed E-state index contributed by atoms with van der Waals surface area (Å²) >= 11 is 0. The highest BCUT2D eigenvalue weighted by molar-refractivity contribution is 5.71. The van der Waals surface area contributed by atoms with E-state index < -0.39 is 6.10 Å². The Hall–Kier alpha value is -1.59. The first-order valence-corrected chi connectivity index (χ1v) is 26.3. The van der Waals surface area contributed by atoms with Crippen LogP contribution in [0.15, 0.2) is 0 Å². The van der Waals surface area contributed by atoms with E-state index in [1.165, 1.54) is 180 Å². The lowest BCUT2D eigenvalue weighted by atomic mass is 9.99. The van der Waals surface area contributed by atoms with E-state index in [0.717, 1.165) is 69.6 Å². The van der Waals surface area contributed by atoms with Crippen molar-refractivity contribution in [3.8, 4) is 0 Å². The van der Waals surface area contributed by atoms with E-state index in [9.17, 15) is 14.4 Å². The molecule has 0 saturated carbocycles. The Morgan fingerprint density at radius 1 is 0.356 bits per heavy atom. The number of hydrogen-bond donors (Lipinski definition) is 0. The number of unbranched alkanes of at least 4 members (excludes halogenated alkanes) is 31. The molecule has 0 heterocycles. The van der Waals surface area contributed by atoms with Crippen LogP contribution in [-0.4, -0.2) is 37.2 Å². The summed E-state index contributed by atoms with van der Waals surface area (Å²) in [4.78, 5) is 37.9. The molecule has 0 aliphatic carbocycles. The second-order valence-corrected chi connectivity index (χ2v) is 18.9. The Labute approximate surface area is 368 Å². The van der Waals surface area contributed by atoms with Crippen molar-refractivity contribution in [2.45, 2.75) is 298 Å². The topological polar surface area (TPSA) is 78.9 Å². The van der Waals surface area contributed by atoms with Crippen LogP contribution < -0.4 is 0 Å². The minimum Gasteiger partial charge on any atom is -0.462 e. The lowest BCUT2D eigenvalue weighted by molar-refractivity contribution is -0.167. The van der Waals surface area contributed by atoms with Crippen LogP contribution >= 0.6 is 0 Å². The number of rotatable bonds is 47. The highest BCUT2D eigenvalue weighted by Crippen LogP contribution is 2.18. The fourth-order valence-corrected chi connectivity index (χ4v) is 7.96. The molecule has 0 N–H and O–H groups in total. The van der Waals surface area contributed by atoms with Gasteiger partial charge >= 0.3 is 17.9 Å². The van der Waals surface area contributed by atoms with Crippen LogP contribution in [0.2, 0.25) is 0 Å². The molecule has 1 unspecified atom stereocenters. The standard InChI is InChI=1S/C53H102O6/c1-6-8-9-10-11-12-13-14-18-21-24-27-33-38-43-51(54)57-46-50(59-53(56)45-40-35-30-29-31-36-41-48(3)4)47-58-52(55)44-39-34-28-25-22-19-16-15-17-20-23-26-32-37-42-49(5)7-2/h48-50H,6-47H2,1-5H3/t49?,50-/m0/s1. The van der Waals surface area contributed by atoms with E-state index in [0.29, 0.717) is 19.3 Å². The van der Waals surface area contributed by atoms with Crippen molar-refractivity contribution in [1.29, 1.82) is 0 Å². The van der Waals surface area contributed by atoms with E-state index in [1.807, 2.05) is 0 Å². The number of ether oxygens (including phenoxy) is 3. The van der Waals surface area contributed by atoms with Gasteiger partial charge in [-0.05, 0) is 31.1 Å². The van der Waals surface area contributed by atoms with Crippen LogP contribution in [0.1, 0.15) is 291 Å². The number of carbonyl (C=O) groups is 3. The van der Waals surface area contributed by atoms with Gasteiger partial charge in [0.25, 0.3) is 0 Å². The smallest absolute Gasteiger partial charge is 0.306 e. The lowest BCUT2D eigenvalue weighted by Crippen LogP contribution is -2.30. The first-order chi connectivity index (χ1) is 28.8. The maximum absolute atomic E-state index is 12.7. The summed E-state index contributed by atoms with van der Waals surface area (Å²) in [6.07, 6.45) is 46.7. The van der Waals surface area contributed by atoms with Crippen LogP contribution in [-0.2, 0) is 28.6 Å². The van der Waals surface area contributed by atoms with Crippen molar-refractivity contribution >= 4 is 17.9 Å². The third-order valence-corrected chi connectivity index (χ3v) is 12.3. The van der Waals surface area contributed by atoms with Crippen molar-refractivity contribution in [3.05, 3.63) is 0 Å². The highest BCUT2D eigenvalue weighted by atomic mass is 16.6. The SMILES string of the molecule is CCCCCCCCCCCCCCCCC(=O)OC[C@@H](COC(=O)CCCCCCCCCCCCCCCCC(C)CC)OC(=O)CCCCCCCCC(C)C. The predicted molar refractivity (Wildman–Crippen MR) is 252 cm³/mol. The summed E-state index contributed by atoms with van der Waals surface area (Å²) in [6.45, 7) is 11.3. The molecule has 0 amide bonds. The lowest BCUT2D eigenvalue weighted by Gasteiger charge is -2.18. The quantitative estimate of drug-likeness (QED) is 0.0345. The molecule has 0 radical (unpaired) electrons. The van der Waals surface area contributed by atoms with E-state index in [4.69, 9.17) is 14.2 Å². The van der Waals surface area contributed by atoms with Gasteiger partial charge in [-0.3, -0.25) is 14.4 Å². The zero-order chi connectivity index (χ0) is 43.3. The third-order valence-electron chi connectivity index (χ3n) is 12.3. The van der Waals surface area contributed by atoms with Gasteiger partial charge < -0.3 is 14.2 Å². The van der Waals surface area contributed by atoms with Gasteiger partial charge in [-0.2, -0.15) is 0 Å². The van der Waals surface area contributed by atoms with Gasteiger partial charge in [0.05, 0.1) is 0 Å². The van der Waals surface area contributed by atoms with E-state index in [-0.39, 0.29) is 31.1 Å². The second kappa shape index (κ2) is 45.9. The number of esters is 3. The fraction of sp³-hybridized carbons (Fsp3) is 0.943. The van der Waals surface area contributed by atoms with E-state index >= 15 is 0 Å².